The van der Waals surface area contributed by atoms with Crippen LogP contribution in [0.25, 0.3) is 0 Å². The number of nitro benzene ring substituents is 1. The van der Waals surface area contributed by atoms with Gasteiger partial charge in [-0.3, -0.25) is 24.5 Å². The molecule has 1 N–H and O–H groups in total. The number of nitrogens with zero attached hydrogens (tertiary/aromatic N) is 2. The van der Waals surface area contributed by atoms with Gasteiger partial charge in [0, 0.05) is 36.5 Å². The molecular formula is C23H25N3O6. The van der Waals surface area contributed by atoms with Crippen molar-refractivity contribution in [2.75, 3.05) is 23.4 Å². The molecule has 32 heavy (non-hydrogen) atoms. The number of hydrogen-bond donors (Lipinski definition) is 1. The molecule has 1 heterocycles. The summed E-state index contributed by atoms with van der Waals surface area (Å²) < 4.78 is 5.12. The average molecular weight is 439 g/mol. The van der Waals surface area contributed by atoms with Crippen molar-refractivity contribution >= 4 is 34.8 Å². The number of para-hydroxylation sites is 1. The van der Waals surface area contributed by atoms with Gasteiger partial charge in [-0.2, -0.15) is 0 Å². The van der Waals surface area contributed by atoms with Crippen molar-refractivity contribution in [3.63, 3.8) is 0 Å². The van der Waals surface area contributed by atoms with Crippen molar-refractivity contribution in [1.29, 1.82) is 0 Å². The van der Waals surface area contributed by atoms with Gasteiger partial charge in [-0.15, -0.1) is 0 Å². The Morgan fingerprint density at radius 1 is 1.16 bits per heavy atom. The predicted molar refractivity (Wildman–Crippen MR) is 118 cm³/mol. The lowest BCUT2D eigenvalue weighted by Gasteiger charge is -2.23. The number of carbonyl (C=O) groups is 3. The lowest BCUT2D eigenvalue weighted by molar-refractivity contribution is -0.384. The Bertz CT molecular complexity index is 1030. The third kappa shape index (κ3) is 5.11. The fourth-order valence-electron chi connectivity index (χ4n) is 3.79. The quantitative estimate of drug-likeness (QED) is 0.383. The van der Waals surface area contributed by atoms with Crippen molar-refractivity contribution in [3.8, 4) is 0 Å². The second-order valence-corrected chi connectivity index (χ2v) is 7.50. The molecule has 2 aromatic rings. The third-order valence-corrected chi connectivity index (χ3v) is 5.38. The van der Waals surface area contributed by atoms with E-state index in [2.05, 4.69) is 5.32 Å². The fraction of sp³-hybridized carbons (Fsp3) is 0.348. The molecule has 2 aromatic carbocycles. The van der Waals surface area contributed by atoms with Crippen LogP contribution in [0.2, 0.25) is 0 Å². The van der Waals surface area contributed by atoms with Crippen LogP contribution in [0.5, 0.6) is 0 Å². The summed E-state index contributed by atoms with van der Waals surface area (Å²) in [5.74, 6) is -2.06. The number of rotatable bonds is 8. The largest absolute Gasteiger partial charge is 0.455 e. The molecule has 1 aliphatic heterocycles. The Morgan fingerprint density at radius 2 is 1.81 bits per heavy atom. The maximum atomic E-state index is 12.7. The minimum Gasteiger partial charge on any atom is -0.455 e. The Kier molecular flexibility index (Phi) is 7.19. The van der Waals surface area contributed by atoms with Crippen LogP contribution >= 0.6 is 0 Å². The zero-order valence-electron chi connectivity index (χ0n) is 18.0. The minimum atomic E-state index is -0.664. The Hall–Kier alpha value is -3.75. The first-order valence-corrected chi connectivity index (χ1v) is 10.5. The van der Waals surface area contributed by atoms with Gasteiger partial charge in [-0.1, -0.05) is 38.1 Å². The van der Waals surface area contributed by atoms with Crippen molar-refractivity contribution in [1.82, 2.24) is 0 Å². The van der Waals surface area contributed by atoms with Gasteiger partial charge < -0.3 is 15.0 Å². The molecule has 0 unspecified atom stereocenters. The molecule has 1 saturated heterocycles. The van der Waals surface area contributed by atoms with Crippen LogP contribution in [0.1, 0.15) is 31.4 Å². The molecule has 0 aliphatic carbocycles. The number of carbonyl (C=O) groups excluding carboxylic acids is 3. The number of ether oxygens (including phenoxy) is 1. The number of nitrogens with one attached hydrogen (secondary N) is 1. The summed E-state index contributed by atoms with van der Waals surface area (Å²) >= 11 is 0. The van der Waals surface area contributed by atoms with Gasteiger partial charge in [0.25, 0.3) is 11.6 Å². The maximum absolute atomic E-state index is 12.7. The highest BCUT2D eigenvalue weighted by atomic mass is 16.6. The lowest BCUT2D eigenvalue weighted by Crippen LogP contribution is -2.29. The van der Waals surface area contributed by atoms with Gasteiger partial charge in [0.1, 0.15) is 0 Å². The molecule has 1 fully saturated rings. The second-order valence-electron chi connectivity index (χ2n) is 7.50. The molecule has 1 atom stereocenters. The van der Waals surface area contributed by atoms with Crippen LogP contribution in [-0.2, 0) is 32.0 Å². The van der Waals surface area contributed by atoms with E-state index in [9.17, 15) is 24.5 Å². The SMILES string of the molecule is CCc1cccc(CC)c1N1C[C@@H](C(=O)OCC(=O)Nc2cccc([N+](=O)[O-])c2)CC1=O. The van der Waals surface area contributed by atoms with Gasteiger partial charge in [-0.05, 0) is 30.0 Å². The summed E-state index contributed by atoms with van der Waals surface area (Å²) in [5.41, 5.74) is 3.02. The van der Waals surface area contributed by atoms with Crippen molar-refractivity contribution in [3.05, 3.63) is 63.7 Å². The summed E-state index contributed by atoms with van der Waals surface area (Å²) in [5, 5.41) is 13.3. The zero-order chi connectivity index (χ0) is 23.3. The third-order valence-electron chi connectivity index (χ3n) is 5.38. The average Bonchev–Trinajstić information content (AvgIpc) is 3.18. The number of benzene rings is 2. The van der Waals surface area contributed by atoms with Crippen molar-refractivity contribution in [2.45, 2.75) is 33.1 Å². The van der Waals surface area contributed by atoms with E-state index in [-0.39, 0.29) is 30.2 Å². The first-order valence-electron chi connectivity index (χ1n) is 10.5. The molecule has 168 valence electrons. The molecular weight excluding hydrogens is 414 g/mol. The van der Waals surface area contributed by atoms with Crippen LogP contribution in [-0.4, -0.2) is 35.9 Å². The van der Waals surface area contributed by atoms with Gasteiger partial charge >= 0.3 is 5.97 Å². The van der Waals surface area contributed by atoms with E-state index in [0.29, 0.717) is 0 Å². The Morgan fingerprint density at radius 3 is 2.44 bits per heavy atom. The summed E-state index contributed by atoms with van der Waals surface area (Å²) in [6.07, 6.45) is 1.55. The number of non-ortho nitro benzene ring substituents is 1. The normalized spacial score (nSPS) is 15.5. The molecule has 0 bridgehead atoms. The summed E-state index contributed by atoms with van der Waals surface area (Å²) in [4.78, 5) is 49.2. The monoisotopic (exact) mass is 439 g/mol. The van der Waals surface area contributed by atoms with Crippen molar-refractivity contribution < 1.29 is 24.0 Å². The minimum absolute atomic E-state index is 0.0204. The summed E-state index contributed by atoms with van der Waals surface area (Å²) in [6.45, 7) is 3.70. The fourth-order valence-corrected chi connectivity index (χ4v) is 3.79. The van der Waals surface area contributed by atoms with E-state index in [1.165, 1.54) is 24.3 Å². The van der Waals surface area contributed by atoms with Crippen molar-refractivity contribution in [2.24, 2.45) is 5.92 Å². The van der Waals surface area contributed by atoms with Gasteiger partial charge in [-0.25, -0.2) is 0 Å². The number of amides is 2. The summed E-state index contributed by atoms with van der Waals surface area (Å²) in [6, 6.07) is 11.4. The lowest BCUT2D eigenvalue weighted by atomic mass is 10.0. The maximum Gasteiger partial charge on any atom is 0.311 e. The number of nitro groups is 1. The number of anilines is 2. The topological polar surface area (TPSA) is 119 Å². The van der Waals surface area contributed by atoms with E-state index >= 15 is 0 Å². The molecule has 9 heteroatoms. The van der Waals surface area contributed by atoms with Crippen LogP contribution in [0.3, 0.4) is 0 Å². The Balaban J connectivity index is 1.60. The van der Waals surface area contributed by atoms with Crippen LogP contribution < -0.4 is 10.2 Å². The molecule has 9 nitrogen and oxygen atoms in total. The predicted octanol–water partition coefficient (Wildman–Crippen LogP) is 3.25. The molecule has 0 spiro atoms. The zero-order valence-corrected chi connectivity index (χ0v) is 18.0. The standard InChI is InChI=1S/C23H25N3O6/c1-3-15-7-5-8-16(4-2)22(15)25-13-17(11-21(25)28)23(29)32-14-20(27)24-18-9-6-10-19(12-18)26(30)31/h5-10,12,17H,3-4,11,13-14H2,1-2H3,(H,24,27)/t17-/m0/s1. The number of hydrogen-bond acceptors (Lipinski definition) is 6. The van der Waals surface area contributed by atoms with E-state index < -0.39 is 29.3 Å². The van der Waals surface area contributed by atoms with E-state index in [1.807, 2.05) is 32.0 Å². The van der Waals surface area contributed by atoms with E-state index in [4.69, 9.17) is 4.74 Å². The molecule has 3 rings (SSSR count). The second kappa shape index (κ2) is 10.0. The van der Waals surface area contributed by atoms with Crippen LogP contribution in [0.15, 0.2) is 42.5 Å². The molecule has 0 radical (unpaired) electrons. The van der Waals surface area contributed by atoms with Crippen LogP contribution in [0, 0.1) is 16.0 Å². The molecule has 0 aromatic heterocycles. The van der Waals surface area contributed by atoms with E-state index in [0.717, 1.165) is 29.7 Å². The molecule has 0 saturated carbocycles. The highest BCUT2D eigenvalue weighted by Gasteiger charge is 2.37. The molecule has 1 aliphatic rings. The first-order chi connectivity index (χ1) is 15.3. The smallest absolute Gasteiger partial charge is 0.311 e. The first kappa shape index (κ1) is 22.9. The number of aryl methyl sites for hydroxylation is 2. The van der Waals surface area contributed by atoms with Gasteiger partial charge in [0.15, 0.2) is 6.61 Å². The number of esters is 1. The van der Waals surface area contributed by atoms with E-state index in [1.54, 1.807) is 4.90 Å². The Labute approximate surface area is 185 Å². The van der Waals surface area contributed by atoms with Crippen LogP contribution in [0.4, 0.5) is 17.1 Å². The van der Waals surface area contributed by atoms with Gasteiger partial charge in [0.2, 0.25) is 5.91 Å². The highest BCUT2D eigenvalue weighted by Crippen LogP contribution is 2.32. The van der Waals surface area contributed by atoms with Gasteiger partial charge in [0.05, 0.1) is 10.8 Å². The highest BCUT2D eigenvalue weighted by molar-refractivity contribution is 6.01. The molecule has 2 amide bonds. The summed E-state index contributed by atoms with van der Waals surface area (Å²) in [7, 11) is 0.